The highest BCUT2D eigenvalue weighted by atomic mass is 16.3. The Balaban J connectivity index is 2.36. The van der Waals surface area contributed by atoms with Gasteiger partial charge in [-0.05, 0) is 50.1 Å². The van der Waals surface area contributed by atoms with E-state index in [1.165, 1.54) is 0 Å². The molecule has 0 spiro atoms. The summed E-state index contributed by atoms with van der Waals surface area (Å²) in [4.78, 5) is 21.0. The number of carbonyl (C=O) groups excluding carboxylic acids is 1. The molecule has 1 aromatic heterocycles. The van der Waals surface area contributed by atoms with E-state index in [2.05, 4.69) is 15.3 Å². The third-order valence-corrected chi connectivity index (χ3v) is 3.24. The van der Waals surface area contributed by atoms with Crippen LogP contribution in [0.15, 0.2) is 36.0 Å². The second-order valence-electron chi connectivity index (χ2n) is 6.40. The van der Waals surface area contributed by atoms with Crippen molar-refractivity contribution in [2.75, 3.05) is 5.32 Å². The molecule has 1 aromatic carbocycles. The van der Waals surface area contributed by atoms with Crippen LogP contribution >= 0.6 is 0 Å². The largest absolute Gasteiger partial charge is 0.508 e. The highest BCUT2D eigenvalue weighted by Crippen LogP contribution is 2.23. The maximum atomic E-state index is 12.0. The van der Waals surface area contributed by atoms with Crippen molar-refractivity contribution in [3.8, 4) is 17.0 Å². The fraction of sp³-hybridized carbons (Fsp3) is 0.316. The number of phenolic OH excluding ortho intramolecular Hbond substituents is 1. The Bertz CT molecular complexity index is 746. The van der Waals surface area contributed by atoms with Gasteiger partial charge in [-0.15, -0.1) is 0 Å². The summed E-state index contributed by atoms with van der Waals surface area (Å²) >= 11 is 0. The number of amides is 1. The van der Waals surface area contributed by atoms with Crippen molar-refractivity contribution in [2.45, 2.75) is 34.1 Å². The quantitative estimate of drug-likeness (QED) is 0.861. The molecule has 2 aromatic rings. The zero-order valence-electron chi connectivity index (χ0n) is 14.5. The number of rotatable bonds is 5. The molecule has 0 aliphatic heterocycles. The topological polar surface area (TPSA) is 75.1 Å². The van der Waals surface area contributed by atoms with Crippen molar-refractivity contribution in [1.82, 2.24) is 9.97 Å². The van der Waals surface area contributed by atoms with Gasteiger partial charge in [-0.1, -0.05) is 19.4 Å². The molecule has 126 valence electrons. The van der Waals surface area contributed by atoms with E-state index >= 15 is 0 Å². The summed E-state index contributed by atoms with van der Waals surface area (Å²) in [6, 6.07) is 6.77. The van der Waals surface area contributed by atoms with Gasteiger partial charge in [0.1, 0.15) is 11.4 Å². The first-order valence-corrected chi connectivity index (χ1v) is 7.96. The molecule has 0 unspecified atom stereocenters. The van der Waals surface area contributed by atoms with Crippen LogP contribution in [-0.2, 0) is 4.79 Å². The van der Waals surface area contributed by atoms with Gasteiger partial charge in [0.15, 0.2) is 5.82 Å². The molecule has 0 saturated heterocycles. The van der Waals surface area contributed by atoms with Gasteiger partial charge in [-0.25, -0.2) is 9.97 Å². The zero-order valence-corrected chi connectivity index (χ0v) is 14.5. The first kappa shape index (κ1) is 17.7. The number of allylic oxidation sites excluding steroid dienone is 1. The number of anilines is 1. The summed E-state index contributed by atoms with van der Waals surface area (Å²) in [6.07, 6.45) is 3.96. The number of carbonyl (C=O) groups is 1. The van der Waals surface area contributed by atoms with Gasteiger partial charge < -0.3 is 10.4 Å². The SMILES string of the molecule is CC(C)=Cc1nc(-c2ccc(O)cc2)cnc1NC(=O)CC(C)C. The van der Waals surface area contributed by atoms with Crippen LogP contribution in [0.3, 0.4) is 0 Å². The number of nitrogens with zero attached hydrogens (tertiary/aromatic N) is 2. The molecule has 0 aliphatic carbocycles. The first-order valence-electron chi connectivity index (χ1n) is 7.96. The molecular weight excluding hydrogens is 302 g/mol. The number of phenols is 1. The number of hydrogen-bond acceptors (Lipinski definition) is 4. The van der Waals surface area contributed by atoms with Gasteiger partial charge in [0.25, 0.3) is 0 Å². The van der Waals surface area contributed by atoms with Crippen LogP contribution < -0.4 is 5.32 Å². The molecule has 0 atom stereocenters. The van der Waals surface area contributed by atoms with E-state index in [1.54, 1.807) is 30.5 Å². The van der Waals surface area contributed by atoms with E-state index in [0.717, 1.165) is 11.1 Å². The fourth-order valence-corrected chi connectivity index (χ4v) is 2.20. The summed E-state index contributed by atoms with van der Waals surface area (Å²) < 4.78 is 0. The van der Waals surface area contributed by atoms with Crippen molar-refractivity contribution >= 4 is 17.8 Å². The Morgan fingerprint density at radius 2 is 1.92 bits per heavy atom. The van der Waals surface area contributed by atoms with E-state index in [4.69, 9.17) is 0 Å². The minimum atomic E-state index is -0.0694. The molecule has 5 heteroatoms. The normalized spacial score (nSPS) is 10.5. The summed E-state index contributed by atoms with van der Waals surface area (Å²) in [5.74, 6) is 0.874. The summed E-state index contributed by atoms with van der Waals surface area (Å²) in [5, 5.41) is 12.2. The molecule has 0 fully saturated rings. The third-order valence-electron chi connectivity index (χ3n) is 3.24. The molecule has 0 saturated carbocycles. The van der Waals surface area contributed by atoms with Crippen LogP contribution in [0.4, 0.5) is 5.82 Å². The molecular formula is C19H23N3O2. The minimum Gasteiger partial charge on any atom is -0.508 e. The number of nitrogens with one attached hydrogen (secondary N) is 1. The van der Waals surface area contributed by atoms with Crippen LogP contribution in [0, 0.1) is 5.92 Å². The lowest BCUT2D eigenvalue weighted by Crippen LogP contribution is -2.16. The molecule has 24 heavy (non-hydrogen) atoms. The first-order chi connectivity index (χ1) is 11.3. The molecule has 2 rings (SSSR count). The molecule has 0 bridgehead atoms. The Hall–Kier alpha value is -2.69. The predicted octanol–water partition coefficient (Wildman–Crippen LogP) is 4.26. The Kier molecular flexibility index (Phi) is 5.68. The van der Waals surface area contributed by atoms with Gasteiger partial charge in [-0.2, -0.15) is 0 Å². The van der Waals surface area contributed by atoms with Crippen molar-refractivity contribution in [2.24, 2.45) is 5.92 Å². The van der Waals surface area contributed by atoms with Crippen molar-refractivity contribution in [3.63, 3.8) is 0 Å². The van der Waals surface area contributed by atoms with Crippen LogP contribution in [-0.4, -0.2) is 21.0 Å². The van der Waals surface area contributed by atoms with Crippen LogP contribution in [0.5, 0.6) is 5.75 Å². The van der Waals surface area contributed by atoms with E-state index in [1.807, 2.05) is 33.8 Å². The van der Waals surface area contributed by atoms with Crippen LogP contribution in [0.2, 0.25) is 0 Å². The van der Waals surface area contributed by atoms with Crippen molar-refractivity contribution < 1.29 is 9.90 Å². The van der Waals surface area contributed by atoms with Crippen molar-refractivity contribution in [3.05, 3.63) is 41.7 Å². The monoisotopic (exact) mass is 325 g/mol. The predicted molar refractivity (Wildman–Crippen MR) is 96.5 cm³/mol. The standard InChI is InChI=1S/C19H23N3O2/c1-12(2)9-16-19(22-18(24)10-13(3)4)20-11-17(21-16)14-5-7-15(23)8-6-14/h5-9,11,13,23H,10H2,1-4H3,(H,20,22,24). The second-order valence-corrected chi connectivity index (χ2v) is 6.40. The maximum Gasteiger partial charge on any atom is 0.225 e. The lowest BCUT2D eigenvalue weighted by atomic mass is 10.1. The average Bonchev–Trinajstić information content (AvgIpc) is 2.48. The molecule has 1 amide bonds. The van der Waals surface area contributed by atoms with Crippen LogP contribution in [0.25, 0.3) is 17.3 Å². The Morgan fingerprint density at radius 1 is 1.25 bits per heavy atom. The van der Waals surface area contributed by atoms with E-state index < -0.39 is 0 Å². The minimum absolute atomic E-state index is 0.0694. The molecule has 1 heterocycles. The maximum absolute atomic E-state index is 12.0. The lowest BCUT2D eigenvalue weighted by Gasteiger charge is -2.11. The van der Waals surface area contributed by atoms with Gasteiger partial charge >= 0.3 is 0 Å². The van der Waals surface area contributed by atoms with E-state index in [-0.39, 0.29) is 17.6 Å². The summed E-state index contributed by atoms with van der Waals surface area (Å²) in [6.45, 7) is 7.93. The Morgan fingerprint density at radius 3 is 2.50 bits per heavy atom. The average molecular weight is 325 g/mol. The molecule has 5 nitrogen and oxygen atoms in total. The number of hydrogen-bond donors (Lipinski definition) is 2. The number of aromatic nitrogens is 2. The van der Waals surface area contributed by atoms with Crippen molar-refractivity contribution in [1.29, 1.82) is 0 Å². The second kappa shape index (κ2) is 7.73. The molecule has 0 radical (unpaired) electrons. The molecule has 2 N–H and O–H groups in total. The highest BCUT2D eigenvalue weighted by molar-refractivity contribution is 5.91. The molecule has 0 aliphatic rings. The lowest BCUT2D eigenvalue weighted by molar-refractivity contribution is -0.116. The fourth-order valence-electron chi connectivity index (χ4n) is 2.20. The van der Waals surface area contributed by atoms with E-state index in [0.29, 0.717) is 23.6 Å². The number of aromatic hydroxyl groups is 1. The van der Waals surface area contributed by atoms with Crippen LogP contribution in [0.1, 0.15) is 39.8 Å². The third kappa shape index (κ3) is 4.91. The van der Waals surface area contributed by atoms with E-state index in [9.17, 15) is 9.90 Å². The highest BCUT2D eigenvalue weighted by Gasteiger charge is 2.12. The zero-order chi connectivity index (χ0) is 17.7. The van der Waals surface area contributed by atoms with Gasteiger partial charge in [-0.3, -0.25) is 4.79 Å². The summed E-state index contributed by atoms with van der Waals surface area (Å²) in [7, 11) is 0. The van der Waals surface area contributed by atoms with Gasteiger partial charge in [0, 0.05) is 12.0 Å². The Labute approximate surface area is 142 Å². The van der Waals surface area contributed by atoms with Gasteiger partial charge in [0.05, 0.1) is 11.9 Å². The summed E-state index contributed by atoms with van der Waals surface area (Å²) in [5.41, 5.74) is 3.22. The van der Waals surface area contributed by atoms with Gasteiger partial charge in [0.2, 0.25) is 5.91 Å². The smallest absolute Gasteiger partial charge is 0.225 e. The number of benzene rings is 1.